The predicted molar refractivity (Wildman–Crippen MR) is 94.7 cm³/mol. The van der Waals surface area contributed by atoms with Gasteiger partial charge in [-0.15, -0.1) is 0 Å². The van der Waals surface area contributed by atoms with Crippen LogP contribution in [0.5, 0.6) is 5.75 Å². The number of sulfone groups is 1. The Morgan fingerprint density at radius 3 is 2.28 bits per heavy atom. The quantitative estimate of drug-likeness (QED) is 0.697. The Kier molecular flexibility index (Phi) is 4.50. The molecule has 0 N–H and O–H groups in total. The maximum absolute atomic E-state index is 13.0. The molecule has 7 heteroatoms. The smallest absolute Gasteiger partial charge is 0.235 e. The second-order valence-electron chi connectivity index (χ2n) is 5.54. The van der Waals surface area contributed by atoms with Gasteiger partial charge >= 0.3 is 0 Å². The van der Waals surface area contributed by atoms with Crippen molar-refractivity contribution in [3.05, 3.63) is 54.6 Å². The molecule has 3 aromatic rings. The number of para-hydroxylation sites is 1. The highest BCUT2D eigenvalue weighted by atomic mass is 32.2. The number of methoxy groups -OCH3 is 1. The van der Waals surface area contributed by atoms with Gasteiger partial charge in [0.05, 0.1) is 17.6 Å². The number of hydrogen-bond acceptors (Lipinski definition) is 6. The standard InChI is InChI=1S/C18H18N2O4S/c1-20(2)18-17(25(21,22)13-9-5-4-6-10-13)19-16(24-18)14-11-7-8-12-15(14)23-3/h4-12H,1-3H3. The van der Waals surface area contributed by atoms with Gasteiger partial charge in [0.2, 0.25) is 26.6 Å². The predicted octanol–water partition coefficient (Wildman–Crippen LogP) is 3.25. The molecule has 0 radical (unpaired) electrons. The van der Waals surface area contributed by atoms with Crippen LogP contribution < -0.4 is 9.64 Å². The zero-order valence-corrected chi connectivity index (χ0v) is 14.9. The van der Waals surface area contributed by atoms with Crippen molar-refractivity contribution < 1.29 is 17.6 Å². The van der Waals surface area contributed by atoms with Crippen LogP contribution in [0.3, 0.4) is 0 Å². The summed E-state index contributed by atoms with van der Waals surface area (Å²) in [5, 5.41) is -0.121. The minimum absolute atomic E-state index is 0.121. The van der Waals surface area contributed by atoms with E-state index in [4.69, 9.17) is 9.15 Å². The SMILES string of the molecule is COc1ccccc1-c1nc(S(=O)(=O)c2ccccc2)c(N(C)C)o1. The summed E-state index contributed by atoms with van der Waals surface area (Å²) in [6.45, 7) is 0. The average Bonchev–Trinajstić information content (AvgIpc) is 3.09. The number of rotatable bonds is 5. The molecule has 1 heterocycles. The van der Waals surface area contributed by atoms with E-state index < -0.39 is 9.84 Å². The van der Waals surface area contributed by atoms with Gasteiger partial charge in [-0.25, -0.2) is 8.42 Å². The molecular weight excluding hydrogens is 340 g/mol. The maximum atomic E-state index is 13.0. The lowest BCUT2D eigenvalue weighted by atomic mass is 10.2. The highest BCUT2D eigenvalue weighted by Crippen LogP contribution is 2.36. The summed E-state index contributed by atoms with van der Waals surface area (Å²) >= 11 is 0. The van der Waals surface area contributed by atoms with E-state index >= 15 is 0 Å². The molecule has 0 spiro atoms. The minimum atomic E-state index is -3.81. The molecule has 0 aliphatic rings. The van der Waals surface area contributed by atoms with E-state index in [2.05, 4.69) is 4.98 Å². The number of aromatic nitrogens is 1. The van der Waals surface area contributed by atoms with Crippen LogP contribution in [0, 0.1) is 0 Å². The molecule has 130 valence electrons. The molecule has 0 aliphatic carbocycles. The van der Waals surface area contributed by atoms with Crippen LogP contribution in [0.1, 0.15) is 0 Å². The summed E-state index contributed by atoms with van der Waals surface area (Å²) in [6, 6.07) is 15.3. The highest BCUT2D eigenvalue weighted by molar-refractivity contribution is 7.91. The van der Waals surface area contributed by atoms with Crippen LogP contribution in [0.2, 0.25) is 0 Å². The first-order valence-electron chi connectivity index (χ1n) is 7.57. The Balaban J connectivity index is 2.20. The fourth-order valence-electron chi connectivity index (χ4n) is 2.40. The molecule has 0 atom stereocenters. The van der Waals surface area contributed by atoms with Gasteiger partial charge in [0.15, 0.2) is 0 Å². The van der Waals surface area contributed by atoms with Crippen LogP contribution >= 0.6 is 0 Å². The van der Waals surface area contributed by atoms with Crippen molar-refractivity contribution in [2.75, 3.05) is 26.1 Å². The molecular formula is C18H18N2O4S. The third-order valence-corrected chi connectivity index (χ3v) is 5.30. The van der Waals surface area contributed by atoms with Crippen molar-refractivity contribution in [1.82, 2.24) is 4.98 Å². The molecule has 0 fully saturated rings. The van der Waals surface area contributed by atoms with Crippen molar-refractivity contribution in [2.45, 2.75) is 9.92 Å². The van der Waals surface area contributed by atoms with Gasteiger partial charge in [0.25, 0.3) is 0 Å². The Labute approximate surface area is 146 Å². The zero-order chi connectivity index (χ0) is 18.0. The Morgan fingerprint density at radius 2 is 1.64 bits per heavy atom. The normalized spacial score (nSPS) is 11.3. The molecule has 3 rings (SSSR count). The number of ether oxygens (including phenoxy) is 1. The van der Waals surface area contributed by atoms with E-state index in [0.29, 0.717) is 11.3 Å². The average molecular weight is 358 g/mol. The number of nitrogens with zero attached hydrogens (tertiary/aromatic N) is 2. The summed E-state index contributed by atoms with van der Waals surface area (Å²) in [7, 11) is 1.14. The van der Waals surface area contributed by atoms with Gasteiger partial charge < -0.3 is 14.1 Å². The first kappa shape index (κ1) is 17.0. The van der Waals surface area contributed by atoms with Gasteiger partial charge in [-0.3, -0.25) is 0 Å². The Bertz CT molecular complexity index is 979. The molecule has 0 unspecified atom stereocenters. The van der Waals surface area contributed by atoms with Crippen molar-refractivity contribution in [3.63, 3.8) is 0 Å². The Morgan fingerprint density at radius 1 is 1.00 bits per heavy atom. The summed E-state index contributed by atoms with van der Waals surface area (Å²) < 4.78 is 37.0. The first-order valence-corrected chi connectivity index (χ1v) is 9.05. The van der Waals surface area contributed by atoms with Gasteiger partial charge in [0.1, 0.15) is 5.75 Å². The van der Waals surface area contributed by atoms with Crippen molar-refractivity contribution >= 4 is 15.7 Å². The fourth-order valence-corrected chi connectivity index (χ4v) is 3.80. The molecule has 0 saturated carbocycles. The molecule has 0 amide bonds. The van der Waals surface area contributed by atoms with Gasteiger partial charge in [-0.2, -0.15) is 4.98 Å². The molecule has 25 heavy (non-hydrogen) atoms. The van der Waals surface area contributed by atoms with Gasteiger partial charge in [-0.1, -0.05) is 30.3 Å². The van der Waals surface area contributed by atoms with Crippen molar-refractivity contribution in [2.24, 2.45) is 0 Å². The van der Waals surface area contributed by atoms with E-state index in [1.54, 1.807) is 49.3 Å². The van der Waals surface area contributed by atoms with Crippen molar-refractivity contribution in [3.8, 4) is 17.2 Å². The largest absolute Gasteiger partial charge is 0.496 e. The topological polar surface area (TPSA) is 72.6 Å². The summed E-state index contributed by atoms with van der Waals surface area (Å²) in [4.78, 5) is 6.03. The van der Waals surface area contributed by atoms with E-state index in [1.807, 2.05) is 12.1 Å². The summed E-state index contributed by atoms with van der Waals surface area (Å²) in [6.07, 6.45) is 0. The molecule has 1 aromatic heterocycles. The van der Waals surface area contributed by atoms with Crippen molar-refractivity contribution in [1.29, 1.82) is 0 Å². The van der Waals surface area contributed by atoms with E-state index in [-0.39, 0.29) is 21.7 Å². The number of anilines is 1. The van der Waals surface area contributed by atoms with Gasteiger partial charge in [0, 0.05) is 14.1 Å². The molecule has 0 saturated heterocycles. The monoisotopic (exact) mass is 358 g/mol. The lowest BCUT2D eigenvalue weighted by Gasteiger charge is -2.10. The molecule has 6 nitrogen and oxygen atoms in total. The van der Waals surface area contributed by atoms with Crippen LogP contribution in [-0.4, -0.2) is 34.6 Å². The Hall–Kier alpha value is -2.80. The lowest BCUT2D eigenvalue weighted by molar-refractivity contribution is 0.414. The fraction of sp³-hybridized carbons (Fsp3) is 0.167. The number of hydrogen-bond donors (Lipinski definition) is 0. The van der Waals surface area contributed by atoms with Crippen LogP contribution in [0.4, 0.5) is 5.88 Å². The molecule has 0 bridgehead atoms. The van der Waals surface area contributed by atoms with Gasteiger partial charge in [-0.05, 0) is 24.3 Å². The van der Waals surface area contributed by atoms with E-state index in [0.717, 1.165) is 0 Å². The van der Waals surface area contributed by atoms with Crippen LogP contribution in [-0.2, 0) is 9.84 Å². The lowest BCUT2D eigenvalue weighted by Crippen LogP contribution is -2.13. The molecule has 2 aromatic carbocycles. The van der Waals surface area contributed by atoms with E-state index in [1.165, 1.54) is 19.2 Å². The second-order valence-corrected chi connectivity index (χ2v) is 7.41. The third kappa shape index (κ3) is 3.10. The first-order chi connectivity index (χ1) is 11.9. The minimum Gasteiger partial charge on any atom is -0.496 e. The van der Waals surface area contributed by atoms with Crippen LogP contribution in [0.15, 0.2) is 68.9 Å². The highest BCUT2D eigenvalue weighted by Gasteiger charge is 2.30. The third-order valence-electron chi connectivity index (χ3n) is 3.63. The summed E-state index contributed by atoms with van der Waals surface area (Å²) in [5.74, 6) is 0.915. The van der Waals surface area contributed by atoms with Crippen LogP contribution in [0.25, 0.3) is 11.5 Å². The van der Waals surface area contributed by atoms with E-state index in [9.17, 15) is 8.42 Å². The number of benzene rings is 2. The second kappa shape index (κ2) is 6.60. The zero-order valence-electron chi connectivity index (χ0n) is 14.1. The summed E-state index contributed by atoms with van der Waals surface area (Å²) in [5.41, 5.74) is 0.586. The maximum Gasteiger partial charge on any atom is 0.235 e. The molecule has 0 aliphatic heterocycles. The number of oxazole rings is 1.